The van der Waals surface area contributed by atoms with Crippen molar-refractivity contribution < 1.29 is 0 Å². The van der Waals surface area contributed by atoms with Gasteiger partial charge in [0.05, 0.1) is 45.6 Å². The Bertz CT molecular complexity index is 4860. The van der Waals surface area contributed by atoms with Gasteiger partial charge in [0.1, 0.15) is 0 Å². The molecule has 90 heavy (non-hydrogen) atoms. The Hall–Kier alpha value is -12.1. The highest BCUT2D eigenvalue weighted by Crippen LogP contribution is 2.40. The molecule has 0 unspecified atom stereocenters. The van der Waals surface area contributed by atoms with Gasteiger partial charge in [-0.15, -0.1) is 0 Å². The van der Waals surface area contributed by atoms with Crippen molar-refractivity contribution in [1.29, 1.82) is 0 Å². The summed E-state index contributed by atoms with van der Waals surface area (Å²) in [4.78, 5) is 30.5. The molecule has 6 aromatic heterocycles. The van der Waals surface area contributed by atoms with Gasteiger partial charge in [-0.1, -0.05) is 200 Å². The number of pyridine rings is 6. The summed E-state index contributed by atoms with van der Waals surface area (Å²) in [5, 5.41) is 0. The van der Waals surface area contributed by atoms with Crippen LogP contribution in [-0.2, 0) is 0 Å². The third kappa shape index (κ3) is 11.8. The van der Waals surface area contributed by atoms with Gasteiger partial charge in [-0.3, -0.25) is 19.9 Å². The van der Waals surface area contributed by atoms with Crippen LogP contribution in [0.2, 0.25) is 0 Å². The van der Waals surface area contributed by atoms with E-state index in [0.717, 1.165) is 157 Å². The van der Waals surface area contributed by atoms with Gasteiger partial charge in [0, 0.05) is 74.9 Å². The largest absolute Gasteiger partial charge is 0.256 e. The van der Waals surface area contributed by atoms with E-state index in [-0.39, 0.29) is 0 Å². The van der Waals surface area contributed by atoms with Crippen LogP contribution in [-0.4, -0.2) is 29.9 Å². The molecule has 6 heteroatoms. The van der Waals surface area contributed by atoms with Crippen LogP contribution in [0, 0.1) is 0 Å². The van der Waals surface area contributed by atoms with E-state index in [2.05, 4.69) is 273 Å². The lowest BCUT2D eigenvalue weighted by Crippen LogP contribution is -1.94. The molecule has 15 rings (SSSR count). The number of aromatic nitrogens is 6. The summed E-state index contributed by atoms with van der Waals surface area (Å²) in [7, 11) is 0. The van der Waals surface area contributed by atoms with E-state index in [1.165, 1.54) is 0 Å². The van der Waals surface area contributed by atoms with E-state index >= 15 is 0 Å². The molecular formula is C84H56N6. The summed E-state index contributed by atoms with van der Waals surface area (Å²) in [5.41, 5.74) is 28.0. The molecule has 0 spiro atoms. The fraction of sp³-hybridized carbons (Fsp3) is 0. The molecular weight excluding hydrogens is 1090 g/mol. The average Bonchev–Trinajstić information content (AvgIpc) is 1.56. The predicted octanol–water partition coefficient (Wildman–Crippen LogP) is 21.4. The molecule has 6 heterocycles. The number of benzene rings is 9. The van der Waals surface area contributed by atoms with E-state index in [4.69, 9.17) is 29.9 Å². The highest BCUT2D eigenvalue weighted by molar-refractivity contribution is 5.87. The zero-order chi connectivity index (χ0) is 60.0. The normalized spacial score (nSPS) is 11.1. The average molecular weight is 1150 g/mol. The Kier molecular flexibility index (Phi) is 15.0. The smallest absolute Gasteiger partial charge is 0.0715 e. The van der Waals surface area contributed by atoms with Gasteiger partial charge in [0.25, 0.3) is 0 Å². The van der Waals surface area contributed by atoms with Crippen LogP contribution < -0.4 is 0 Å². The van der Waals surface area contributed by atoms with Gasteiger partial charge >= 0.3 is 0 Å². The van der Waals surface area contributed by atoms with Crippen LogP contribution in [0.1, 0.15) is 0 Å². The van der Waals surface area contributed by atoms with Crippen LogP contribution in [0.4, 0.5) is 0 Å². The molecule has 0 aliphatic carbocycles. The minimum atomic E-state index is 0.858. The molecule has 0 bridgehead atoms. The Morgan fingerprint density at radius 1 is 0.133 bits per heavy atom. The van der Waals surface area contributed by atoms with Crippen LogP contribution in [0.3, 0.4) is 0 Å². The van der Waals surface area contributed by atoms with Crippen LogP contribution >= 0.6 is 0 Å². The Labute approximate surface area is 524 Å². The van der Waals surface area contributed by atoms with E-state index in [9.17, 15) is 0 Å². The summed E-state index contributed by atoms with van der Waals surface area (Å²) in [6.07, 6.45) is 7.63. The van der Waals surface area contributed by atoms with Gasteiger partial charge in [0.15, 0.2) is 0 Å². The highest BCUT2D eigenvalue weighted by atomic mass is 14.7. The standard InChI is InChI=1S/C84H56N6/c1-6-20-57(21-7-1)65-37-40-86-79(50-65)75-46-70(47-76(49-75)80-51-66(38-41-87-80)58-22-8-2-9-23-58)72-54-83(61-28-14-5-15-29-61)90-84(55-72)67-33-19-31-63(43-67)62-30-18-32-64(42-62)68-35-36-78(88-56-68)74-45-69(44-73(48-74)77-34-16-17-39-85-77)71-52-81(59-24-10-3-11-25-59)89-82(53-71)60-26-12-4-13-27-60/h1-56H. The Morgan fingerprint density at radius 3 is 0.856 bits per heavy atom. The minimum Gasteiger partial charge on any atom is -0.256 e. The zero-order valence-corrected chi connectivity index (χ0v) is 49.0. The lowest BCUT2D eigenvalue weighted by molar-refractivity contribution is 1.30. The topological polar surface area (TPSA) is 77.3 Å². The van der Waals surface area contributed by atoms with Crippen LogP contribution in [0.15, 0.2) is 340 Å². The Balaban J connectivity index is 0.783. The van der Waals surface area contributed by atoms with Crippen molar-refractivity contribution in [3.05, 3.63) is 340 Å². The summed E-state index contributed by atoms with van der Waals surface area (Å²) in [6.45, 7) is 0. The predicted molar refractivity (Wildman–Crippen MR) is 369 cm³/mol. The SMILES string of the molecule is c1ccc(-c2ccnc(-c3cc(-c4cc(-c5ccccc5)nc(-c5cccc(-c6cccc(-c7ccc(-c8cc(-c9cc(-c%10ccccc%10)nc(-c%10ccccc%10)c9)cc(-c9ccccn9)c8)nc7)c6)c5)c4)cc(-c4cc(-c5ccccc5)ccn4)c3)c2)cc1. The van der Waals surface area contributed by atoms with Crippen molar-refractivity contribution in [2.45, 2.75) is 0 Å². The van der Waals surface area contributed by atoms with Crippen molar-refractivity contribution in [3.8, 4) is 157 Å². The summed E-state index contributed by atoms with van der Waals surface area (Å²) in [6, 6.07) is 111. The summed E-state index contributed by atoms with van der Waals surface area (Å²) < 4.78 is 0. The van der Waals surface area contributed by atoms with E-state index in [1.807, 2.05) is 67.3 Å². The van der Waals surface area contributed by atoms with Crippen molar-refractivity contribution in [2.75, 3.05) is 0 Å². The highest BCUT2D eigenvalue weighted by Gasteiger charge is 2.18. The van der Waals surface area contributed by atoms with E-state index in [1.54, 1.807) is 0 Å². The molecule has 422 valence electrons. The Morgan fingerprint density at radius 2 is 0.433 bits per heavy atom. The fourth-order valence-corrected chi connectivity index (χ4v) is 11.8. The molecule has 0 saturated heterocycles. The van der Waals surface area contributed by atoms with Crippen LogP contribution in [0.25, 0.3) is 157 Å². The van der Waals surface area contributed by atoms with Crippen molar-refractivity contribution in [3.63, 3.8) is 0 Å². The monoisotopic (exact) mass is 1150 g/mol. The van der Waals surface area contributed by atoms with E-state index in [0.29, 0.717) is 0 Å². The summed E-state index contributed by atoms with van der Waals surface area (Å²) in [5.74, 6) is 0. The fourth-order valence-electron chi connectivity index (χ4n) is 11.8. The maximum atomic E-state index is 5.42. The number of nitrogens with zero attached hydrogens (tertiary/aromatic N) is 6. The lowest BCUT2D eigenvalue weighted by atomic mass is 9.93. The van der Waals surface area contributed by atoms with Crippen molar-refractivity contribution in [1.82, 2.24) is 29.9 Å². The second-order valence-corrected chi connectivity index (χ2v) is 22.3. The second kappa shape index (κ2) is 24.7. The number of rotatable bonds is 14. The zero-order valence-electron chi connectivity index (χ0n) is 49.0. The molecule has 0 aliphatic heterocycles. The maximum absolute atomic E-state index is 5.42. The second-order valence-electron chi connectivity index (χ2n) is 22.3. The first kappa shape index (κ1) is 54.5. The molecule has 0 amide bonds. The first-order chi connectivity index (χ1) is 44.5. The van der Waals surface area contributed by atoms with E-state index < -0.39 is 0 Å². The maximum Gasteiger partial charge on any atom is 0.0715 e. The first-order valence-corrected chi connectivity index (χ1v) is 30.2. The molecule has 6 nitrogen and oxygen atoms in total. The molecule has 0 radical (unpaired) electrons. The van der Waals surface area contributed by atoms with Gasteiger partial charge in [0.2, 0.25) is 0 Å². The molecule has 0 atom stereocenters. The quantitative estimate of drug-likeness (QED) is 0.108. The number of hydrogen-bond acceptors (Lipinski definition) is 6. The minimum absolute atomic E-state index is 0.858. The third-order valence-electron chi connectivity index (χ3n) is 16.4. The third-order valence-corrected chi connectivity index (χ3v) is 16.4. The van der Waals surface area contributed by atoms with Crippen LogP contribution in [0.5, 0.6) is 0 Å². The molecule has 0 saturated carbocycles. The summed E-state index contributed by atoms with van der Waals surface area (Å²) >= 11 is 0. The van der Waals surface area contributed by atoms with Gasteiger partial charge in [-0.25, -0.2) is 9.97 Å². The number of hydrogen-bond donors (Lipinski definition) is 0. The molecule has 9 aromatic carbocycles. The van der Waals surface area contributed by atoms with Gasteiger partial charge < -0.3 is 0 Å². The molecule has 0 aliphatic rings. The van der Waals surface area contributed by atoms with Crippen molar-refractivity contribution in [2.24, 2.45) is 0 Å². The molecule has 15 aromatic rings. The lowest BCUT2D eigenvalue weighted by Gasteiger charge is -2.15. The molecule has 0 fully saturated rings. The van der Waals surface area contributed by atoms with Crippen molar-refractivity contribution >= 4 is 0 Å². The molecule has 0 N–H and O–H groups in total. The first-order valence-electron chi connectivity index (χ1n) is 30.2. The van der Waals surface area contributed by atoms with Gasteiger partial charge in [-0.05, 0) is 176 Å². The van der Waals surface area contributed by atoms with Gasteiger partial charge in [-0.2, -0.15) is 0 Å².